The molecule has 1 atom stereocenters. The van der Waals surface area contributed by atoms with Gasteiger partial charge in [-0.1, -0.05) is 13.0 Å². The molecule has 0 bridgehead atoms. The van der Waals surface area contributed by atoms with E-state index in [2.05, 4.69) is 12.2 Å². The highest BCUT2D eigenvalue weighted by Gasteiger charge is 2.28. The van der Waals surface area contributed by atoms with Gasteiger partial charge >= 0.3 is 0 Å². The Kier molecular flexibility index (Phi) is 5.92. The summed E-state index contributed by atoms with van der Waals surface area (Å²) in [6, 6.07) is 8.70. The van der Waals surface area contributed by atoms with E-state index in [0.717, 1.165) is 40.8 Å². The van der Waals surface area contributed by atoms with Gasteiger partial charge < -0.3 is 15.5 Å². The molecular weight excluding hydrogens is 463 g/mol. The highest BCUT2D eigenvalue weighted by atomic mass is 32.1. The normalized spacial score (nSPS) is 15.3. The van der Waals surface area contributed by atoms with Gasteiger partial charge in [-0.15, -0.1) is 11.3 Å². The van der Waals surface area contributed by atoms with E-state index in [1.54, 1.807) is 19.1 Å². The monoisotopic (exact) mass is 490 g/mol. The number of nitrogens with zero attached hydrogens (tertiary/aromatic N) is 2. The van der Waals surface area contributed by atoms with Crippen LogP contribution >= 0.6 is 11.3 Å². The second-order valence-electron chi connectivity index (χ2n) is 9.45. The molecular formula is C27H27FN4O2S. The zero-order valence-electron chi connectivity index (χ0n) is 19.9. The summed E-state index contributed by atoms with van der Waals surface area (Å²) in [5.74, 6) is -0.529. The molecule has 0 fully saturated rings. The summed E-state index contributed by atoms with van der Waals surface area (Å²) in [6.45, 7) is 5.87. The quantitative estimate of drug-likeness (QED) is 0.402. The molecule has 6 nitrogen and oxygen atoms in total. The van der Waals surface area contributed by atoms with Gasteiger partial charge in [-0.2, -0.15) is 0 Å². The van der Waals surface area contributed by atoms with E-state index in [0.29, 0.717) is 39.1 Å². The molecule has 3 N–H and O–H groups in total. The minimum Gasteiger partial charge on any atom is -0.365 e. The number of carbonyl (C=O) groups excluding carboxylic acids is 2. The fraction of sp³-hybridized carbons (Fsp3) is 0.296. The van der Waals surface area contributed by atoms with Crippen LogP contribution in [0.15, 0.2) is 36.5 Å². The summed E-state index contributed by atoms with van der Waals surface area (Å²) in [5, 5.41) is 3.48. The third-order valence-corrected chi connectivity index (χ3v) is 7.81. The lowest BCUT2D eigenvalue weighted by molar-refractivity contribution is -0.115. The molecule has 5 rings (SSSR count). The molecule has 0 aliphatic heterocycles. The summed E-state index contributed by atoms with van der Waals surface area (Å²) in [7, 11) is 0. The van der Waals surface area contributed by atoms with Crippen molar-refractivity contribution in [2.45, 2.75) is 46.5 Å². The topological polar surface area (TPSA) is 89.5 Å². The molecule has 1 aliphatic rings. The van der Waals surface area contributed by atoms with Crippen molar-refractivity contribution < 1.29 is 14.0 Å². The van der Waals surface area contributed by atoms with Crippen molar-refractivity contribution in [3.05, 3.63) is 75.2 Å². The van der Waals surface area contributed by atoms with Crippen LogP contribution in [0.2, 0.25) is 0 Å². The minimum atomic E-state index is -0.514. The highest BCUT2D eigenvalue weighted by Crippen LogP contribution is 2.39. The van der Waals surface area contributed by atoms with Crippen LogP contribution in [-0.2, 0) is 24.1 Å². The molecule has 0 saturated carbocycles. The first kappa shape index (κ1) is 23.2. The Labute approximate surface area is 207 Å². The van der Waals surface area contributed by atoms with Gasteiger partial charge in [-0.05, 0) is 80.0 Å². The molecule has 4 aromatic rings. The maximum Gasteiger partial charge on any atom is 0.251 e. The van der Waals surface area contributed by atoms with Crippen molar-refractivity contribution in [3.8, 4) is 11.3 Å². The number of primary amides is 1. The predicted molar refractivity (Wildman–Crippen MR) is 136 cm³/mol. The fourth-order valence-electron chi connectivity index (χ4n) is 4.81. The molecule has 1 aromatic carbocycles. The zero-order valence-corrected chi connectivity index (χ0v) is 20.8. The number of rotatable bonds is 5. The Morgan fingerprint density at radius 1 is 1.26 bits per heavy atom. The van der Waals surface area contributed by atoms with Crippen LogP contribution in [0.3, 0.4) is 0 Å². The Morgan fingerprint density at radius 3 is 2.80 bits per heavy atom. The number of amides is 2. The second-order valence-corrected chi connectivity index (χ2v) is 10.6. The number of halogens is 1. The summed E-state index contributed by atoms with van der Waals surface area (Å²) in [6.07, 6.45) is 4.65. The number of thiophene rings is 1. The van der Waals surface area contributed by atoms with E-state index in [-0.39, 0.29) is 18.1 Å². The Hall–Kier alpha value is -3.52. The maximum absolute atomic E-state index is 13.9. The van der Waals surface area contributed by atoms with Crippen molar-refractivity contribution in [1.82, 2.24) is 9.38 Å². The Morgan fingerprint density at radius 2 is 2.06 bits per heavy atom. The van der Waals surface area contributed by atoms with Crippen molar-refractivity contribution in [1.29, 1.82) is 0 Å². The van der Waals surface area contributed by atoms with E-state index in [4.69, 9.17) is 10.7 Å². The number of nitrogens with one attached hydrogen (secondary N) is 1. The first-order valence-electron chi connectivity index (χ1n) is 11.7. The summed E-state index contributed by atoms with van der Waals surface area (Å²) >= 11 is 1.45. The predicted octanol–water partition coefficient (Wildman–Crippen LogP) is 5.22. The van der Waals surface area contributed by atoms with Gasteiger partial charge in [0.25, 0.3) is 5.91 Å². The SMILES string of the molecule is Cc1ccc2nc(-c3ccc(F)c(C)c3)c(CC(=O)Nc3sc4c(c3C(N)=O)CCC(C)C4)n2c1. The van der Waals surface area contributed by atoms with Crippen molar-refractivity contribution in [3.63, 3.8) is 0 Å². The van der Waals surface area contributed by atoms with Crippen molar-refractivity contribution >= 4 is 33.8 Å². The molecule has 0 saturated heterocycles. The number of carbonyl (C=O) groups is 2. The minimum absolute atomic E-state index is 0.0353. The third kappa shape index (κ3) is 4.34. The van der Waals surface area contributed by atoms with Crippen LogP contribution < -0.4 is 11.1 Å². The van der Waals surface area contributed by atoms with Gasteiger partial charge in [0.1, 0.15) is 16.5 Å². The zero-order chi connectivity index (χ0) is 24.9. The van der Waals surface area contributed by atoms with E-state index in [9.17, 15) is 14.0 Å². The molecule has 35 heavy (non-hydrogen) atoms. The van der Waals surface area contributed by atoms with Gasteiger partial charge in [0.2, 0.25) is 5.91 Å². The molecule has 8 heteroatoms. The van der Waals surface area contributed by atoms with Gasteiger partial charge in [-0.3, -0.25) is 9.59 Å². The first-order valence-corrected chi connectivity index (χ1v) is 12.5. The molecule has 3 heterocycles. The summed E-state index contributed by atoms with van der Waals surface area (Å²) in [5.41, 5.74) is 11.4. The van der Waals surface area contributed by atoms with Crippen LogP contribution in [-0.4, -0.2) is 21.2 Å². The maximum atomic E-state index is 13.9. The van der Waals surface area contributed by atoms with Crippen molar-refractivity contribution in [2.75, 3.05) is 5.32 Å². The van der Waals surface area contributed by atoms with Crippen LogP contribution in [0.5, 0.6) is 0 Å². The number of hydrogen-bond acceptors (Lipinski definition) is 4. The number of benzene rings is 1. The molecule has 1 aliphatic carbocycles. The molecule has 1 unspecified atom stereocenters. The summed E-state index contributed by atoms with van der Waals surface area (Å²) in [4.78, 5) is 31.5. The van der Waals surface area contributed by atoms with Crippen molar-refractivity contribution in [2.24, 2.45) is 11.7 Å². The number of anilines is 1. The third-order valence-electron chi connectivity index (χ3n) is 6.64. The van der Waals surface area contributed by atoms with Crippen LogP contribution in [0, 0.1) is 25.6 Å². The van der Waals surface area contributed by atoms with Gasteiger partial charge in [0, 0.05) is 16.6 Å². The number of fused-ring (bicyclic) bond motifs is 2. The number of aryl methyl sites for hydroxylation is 2. The lowest BCUT2D eigenvalue weighted by Gasteiger charge is -2.18. The number of pyridine rings is 1. The second kappa shape index (κ2) is 8.92. The average Bonchev–Trinajstić information content (AvgIpc) is 3.33. The number of imidazole rings is 1. The first-order chi connectivity index (χ1) is 16.7. The lowest BCUT2D eigenvalue weighted by Crippen LogP contribution is -2.20. The Bertz CT molecular complexity index is 1490. The molecule has 0 spiro atoms. The average molecular weight is 491 g/mol. The molecule has 3 aromatic heterocycles. The lowest BCUT2D eigenvalue weighted by atomic mass is 9.88. The Balaban J connectivity index is 1.52. The molecule has 0 radical (unpaired) electrons. The van der Waals surface area contributed by atoms with E-state index >= 15 is 0 Å². The van der Waals surface area contributed by atoms with Crippen LogP contribution in [0.1, 0.15) is 51.0 Å². The standard InChI is InChI=1S/C27H27FN4O2S/c1-14-4-7-18-21(10-14)35-27(24(18)26(29)34)31-23(33)12-20-25(17-6-8-19(28)16(3)11-17)30-22-9-5-15(2)13-32(20)22/h5-6,8-9,11,13-14H,4,7,10,12H2,1-3H3,(H2,29,34)(H,31,33). The van der Waals surface area contributed by atoms with Gasteiger partial charge in [0.05, 0.1) is 23.4 Å². The highest BCUT2D eigenvalue weighted by molar-refractivity contribution is 7.17. The number of hydrogen-bond donors (Lipinski definition) is 2. The van der Waals surface area contributed by atoms with Gasteiger partial charge in [-0.25, -0.2) is 9.37 Å². The van der Waals surface area contributed by atoms with E-state index < -0.39 is 5.91 Å². The largest absolute Gasteiger partial charge is 0.365 e. The fourth-order valence-corrected chi connectivity index (χ4v) is 6.25. The van der Waals surface area contributed by atoms with E-state index in [1.165, 1.54) is 17.4 Å². The molecule has 180 valence electrons. The van der Waals surface area contributed by atoms with Crippen LogP contribution in [0.25, 0.3) is 16.9 Å². The number of aromatic nitrogens is 2. The van der Waals surface area contributed by atoms with Crippen LogP contribution in [0.4, 0.5) is 9.39 Å². The van der Waals surface area contributed by atoms with Gasteiger partial charge in [0.15, 0.2) is 0 Å². The number of nitrogens with two attached hydrogens (primary N) is 1. The molecule has 2 amide bonds. The smallest absolute Gasteiger partial charge is 0.251 e. The van der Waals surface area contributed by atoms with E-state index in [1.807, 2.05) is 29.7 Å². The summed E-state index contributed by atoms with van der Waals surface area (Å²) < 4.78 is 15.8.